The van der Waals surface area contributed by atoms with Gasteiger partial charge in [-0.1, -0.05) is 0 Å². The number of amides is 1. The second kappa shape index (κ2) is 7.17. The highest BCUT2D eigenvalue weighted by Crippen LogP contribution is 2.16. The van der Waals surface area contributed by atoms with E-state index in [1.165, 1.54) is 6.08 Å². The van der Waals surface area contributed by atoms with Gasteiger partial charge >= 0.3 is 0 Å². The molecule has 114 valence electrons. The van der Waals surface area contributed by atoms with Crippen molar-refractivity contribution in [1.82, 2.24) is 15.3 Å². The Balaban J connectivity index is 1.61. The van der Waals surface area contributed by atoms with Gasteiger partial charge in [-0.05, 0) is 48.0 Å². The van der Waals surface area contributed by atoms with Crippen molar-refractivity contribution in [2.75, 3.05) is 0 Å². The molecule has 0 fully saturated rings. The number of carbonyl (C=O) groups is 1. The summed E-state index contributed by atoms with van der Waals surface area (Å²) < 4.78 is 5.13. The molecule has 5 heteroatoms. The molecular formula is C18H15N3O2. The van der Waals surface area contributed by atoms with Gasteiger partial charge in [0.15, 0.2) is 0 Å². The van der Waals surface area contributed by atoms with Crippen molar-refractivity contribution in [3.63, 3.8) is 0 Å². The van der Waals surface area contributed by atoms with Crippen LogP contribution in [0.2, 0.25) is 0 Å². The number of carbonyl (C=O) groups excluding carboxylic acids is 1. The largest absolute Gasteiger partial charge is 0.465 e. The quantitative estimate of drug-likeness (QED) is 0.736. The molecule has 3 aromatic heterocycles. The molecule has 23 heavy (non-hydrogen) atoms. The van der Waals surface area contributed by atoms with Crippen LogP contribution in [0.5, 0.6) is 0 Å². The molecule has 0 aromatic carbocycles. The second-order valence-corrected chi connectivity index (χ2v) is 4.86. The fourth-order valence-electron chi connectivity index (χ4n) is 2.05. The first-order valence-corrected chi connectivity index (χ1v) is 7.16. The lowest BCUT2D eigenvalue weighted by Crippen LogP contribution is -2.20. The predicted molar refractivity (Wildman–Crippen MR) is 87.1 cm³/mol. The molecule has 5 nitrogen and oxygen atoms in total. The number of nitrogens with one attached hydrogen (secondary N) is 1. The van der Waals surface area contributed by atoms with Gasteiger partial charge < -0.3 is 9.73 Å². The zero-order chi connectivity index (χ0) is 15.9. The first kappa shape index (κ1) is 14.7. The first-order chi connectivity index (χ1) is 11.3. The van der Waals surface area contributed by atoms with Crippen molar-refractivity contribution >= 4 is 12.0 Å². The summed E-state index contributed by atoms with van der Waals surface area (Å²) in [7, 11) is 0. The minimum Gasteiger partial charge on any atom is -0.465 e. The zero-order valence-electron chi connectivity index (χ0n) is 12.3. The van der Waals surface area contributed by atoms with Gasteiger partial charge in [-0.15, -0.1) is 0 Å². The summed E-state index contributed by atoms with van der Waals surface area (Å²) in [6, 6.07) is 11.2. The fraction of sp³-hybridized carbons (Fsp3) is 0.0556. The first-order valence-electron chi connectivity index (χ1n) is 7.16. The van der Waals surface area contributed by atoms with E-state index in [1.54, 1.807) is 43.1 Å². The summed E-state index contributed by atoms with van der Waals surface area (Å²) in [6.07, 6.45) is 9.84. The van der Waals surface area contributed by atoms with Gasteiger partial charge in [-0.2, -0.15) is 0 Å². The maximum absolute atomic E-state index is 11.8. The molecule has 0 spiro atoms. The number of nitrogens with zero attached hydrogens (tertiary/aromatic N) is 2. The third-order valence-electron chi connectivity index (χ3n) is 3.19. The molecule has 0 saturated heterocycles. The van der Waals surface area contributed by atoms with Gasteiger partial charge in [0, 0.05) is 36.8 Å². The maximum Gasteiger partial charge on any atom is 0.244 e. The molecule has 3 heterocycles. The molecule has 3 rings (SSSR count). The Labute approximate surface area is 133 Å². The third kappa shape index (κ3) is 4.14. The van der Waals surface area contributed by atoms with Crippen molar-refractivity contribution in [2.24, 2.45) is 0 Å². The Morgan fingerprint density at radius 2 is 2.17 bits per heavy atom. The smallest absolute Gasteiger partial charge is 0.244 e. The molecule has 0 saturated carbocycles. The molecule has 0 aliphatic carbocycles. The molecule has 0 aliphatic rings. The van der Waals surface area contributed by atoms with Crippen LogP contribution in [0.4, 0.5) is 0 Å². The molecule has 0 bridgehead atoms. The minimum absolute atomic E-state index is 0.179. The summed E-state index contributed by atoms with van der Waals surface area (Å²) in [4.78, 5) is 20.2. The summed E-state index contributed by atoms with van der Waals surface area (Å²) in [6.45, 7) is 0.428. The van der Waals surface area contributed by atoms with E-state index >= 15 is 0 Å². The summed E-state index contributed by atoms with van der Waals surface area (Å²) in [5, 5.41) is 2.83. The van der Waals surface area contributed by atoms with E-state index in [1.807, 2.05) is 24.3 Å². The molecule has 3 aromatic rings. The topological polar surface area (TPSA) is 68.0 Å². The van der Waals surface area contributed by atoms with Crippen LogP contribution in [-0.2, 0) is 11.3 Å². The van der Waals surface area contributed by atoms with E-state index in [0.29, 0.717) is 12.3 Å². The van der Waals surface area contributed by atoms with Gasteiger partial charge in [0.05, 0.1) is 12.0 Å². The Morgan fingerprint density at radius 1 is 1.22 bits per heavy atom. The van der Waals surface area contributed by atoms with Crippen LogP contribution in [-0.4, -0.2) is 15.9 Å². The standard InChI is InChI=1S/C18H15N3O2/c22-18(6-5-16-4-2-10-23-16)21-12-14-7-9-20-17(11-14)15-3-1-8-19-13-15/h1-11,13H,12H2,(H,21,22)/b6-5+. The average Bonchev–Trinajstić information content (AvgIpc) is 3.13. The van der Waals surface area contributed by atoms with E-state index in [-0.39, 0.29) is 5.91 Å². The Kier molecular flexibility index (Phi) is 4.59. The average molecular weight is 305 g/mol. The number of pyridine rings is 2. The van der Waals surface area contributed by atoms with Crippen LogP contribution in [0.25, 0.3) is 17.3 Å². The lowest BCUT2D eigenvalue weighted by atomic mass is 10.1. The molecule has 0 unspecified atom stereocenters. The number of rotatable bonds is 5. The lowest BCUT2D eigenvalue weighted by molar-refractivity contribution is -0.116. The van der Waals surface area contributed by atoms with Crippen molar-refractivity contribution in [3.8, 4) is 11.3 Å². The molecular weight excluding hydrogens is 290 g/mol. The lowest BCUT2D eigenvalue weighted by Gasteiger charge is -2.05. The molecule has 1 N–H and O–H groups in total. The molecule has 0 aliphatic heterocycles. The van der Waals surface area contributed by atoms with Crippen LogP contribution < -0.4 is 5.32 Å². The van der Waals surface area contributed by atoms with Gasteiger partial charge in [0.1, 0.15) is 5.76 Å². The van der Waals surface area contributed by atoms with Gasteiger partial charge in [0.2, 0.25) is 5.91 Å². The van der Waals surface area contributed by atoms with E-state index in [9.17, 15) is 4.79 Å². The molecule has 1 amide bonds. The predicted octanol–water partition coefficient (Wildman–Crippen LogP) is 3.07. The van der Waals surface area contributed by atoms with Crippen LogP contribution in [0.3, 0.4) is 0 Å². The van der Waals surface area contributed by atoms with Crippen molar-refractivity contribution in [3.05, 3.63) is 78.7 Å². The van der Waals surface area contributed by atoms with Crippen molar-refractivity contribution in [1.29, 1.82) is 0 Å². The monoisotopic (exact) mass is 305 g/mol. The van der Waals surface area contributed by atoms with Gasteiger partial charge in [-0.3, -0.25) is 14.8 Å². The maximum atomic E-state index is 11.8. The van der Waals surface area contributed by atoms with Crippen molar-refractivity contribution < 1.29 is 9.21 Å². The normalized spacial score (nSPS) is 10.8. The SMILES string of the molecule is O=C(/C=C/c1ccco1)NCc1ccnc(-c2cccnc2)c1. The highest BCUT2D eigenvalue weighted by Gasteiger charge is 2.02. The highest BCUT2D eigenvalue weighted by molar-refractivity contribution is 5.91. The van der Waals surface area contributed by atoms with E-state index < -0.39 is 0 Å². The van der Waals surface area contributed by atoms with E-state index in [0.717, 1.165) is 16.8 Å². The van der Waals surface area contributed by atoms with Gasteiger partial charge in [-0.25, -0.2) is 0 Å². The molecule has 0 atom stereocenters. The van der Waals surface area contributed by atoms with Crippen LogP contribution in [0.1, 0.15) is 11.3 Å². The highest BCUT2D eigenvalue weighted by atomic mass is 16.3. The second-order valence-electron chi connectivity index (χ2n) is 4.86. The summed E-state index contributed by atoms with van der Waals surface area (Å²) in [5.74, 6) is 0.462. The molecule has 0 radical (unpaired) electrons. The number of furan rings is 1. The summed E-state index contributed by atoms with van der Waals surface area (Å²) >= 11 is 0. The number of aromatic nitrogens is 2. The Hall–Kier alpha value is -3.21. The van der Waals surface area contributed by atoms with E-state index in [2.05, 4.69) is 15.3 Å². The number of hydrogen-bond donors (Lipinski definition) is 1. The Morgan fingerprint density at radius 3 is 2.96 bits per heavy atom. The van der Waals surface area contributed by atoms with Gasteiger partial charge in [0.25, 0.3) is 0 Å². The number of hydrogen-bond acceptors (Lipinski definition) is 4. The summed E-state index contributed by atoms with van der Waals surface area (Å²) in [5.41, 5.74) is 2.74. The third-order valence-corrected chi connectivity index (χ3v) is 3.19. The van der Waals surface area contributed by atoms with Crippen LogP contribution >= 0.6 is 0 Å². The van der Waals surface area contributed by atoms with Crippen LogP contribution in [0, 0.1) is 0 Å². The Bertz CT molecular complexity index is 796. The minimum atomic E-state index is -0.179. The van der Waals surface area contributed by atoms with E-state index in [4.69, 9.17) is 4.42 Å². The fourth-order valence-corrected chi connectivity index (χ4v) is 2.05. The zero-order valence-corrected chi connectivity index (χ0v) is 12.3. The van der Waals surface area contributed by atoms with Crippen molar-refractivity contribution in [2.45, 2.75) is 6.54 Å². The van der Waals surface area contributed by atoms with Crippen LogP contribution in [0.15, 0.2) is 71.7 Å².